The summed E-state index contributed by atoms with van der Waals surface area (Å²) in [6, 6.07) is 0. The van der Waals surface area contributed by atoms with Crippen molar-refractivity contribution in [2.45, 2.75) is 84.0 Å². The lowest BCUT2D eigenvalue weighted by molar-refractivity contribution is -0.870. The van der Waals surface area contributed by atoms with Crippen LogP contribution in [0.15, 0.2) is 0 Å². The summed E-state index contributed by atoms with van der Waals surface area (Å²) in [5, 5.41) is 0. The van der Waals surface area contributed by atoms with E-state index < -0.39 is 0 Å². The standard InChI is InChI=1S/C20H44NO2/c1-5-6-7-8-9-10-11-12-13-14-15-16-18-22-20-23-19-17-21(2,3)4/h5-20H2,1-4H3/q+1. The third kappa shape index (κ3) is 21.9. The normalized spacial score (nSPS) is 12.0. The summed E-state index contributed by atoms with van der Waals surface area (Å²) in [6.07, 6.45) is 16.6. The molecule has 0 atom stereocenters. The Hall–Kier alpha value is -0.120. The maximum absolute atomic E-state index is 5.51. The fraction of sp³-hybridized carbons (Fsp3) is 1.00. The number of rotatable bonds is 18. The maximum atomic E-state index is 5.51. The van der Waals surface area contributed by atoms with Crippen molar-refractivity contribution in [2.75, 3.05) is 47.7 Å². The van der Waals surface area contributed by atoms with E-state index in [0.29, 0.717) is 6.79 Å². The van der Waals surface area contributed by atoms with Crippen LogP contribution in [0.25, 0.3) is 0 Å². The lowest BCUT2D eigenvalue weighted by Gasteiger charge is -2.23. The largest absolute Gasteiger partial charge is 0.355 e. The summed E-state index contributed by atoms with van der Waals surface area (Å²) < 4.78 is 11.9. The van der Waals surface area contributed by atoms with Gasteiger partial charge in [0.15, 0.2) is 0 Å². The second-order valence-electron chi connectivity index (χ2n) is 7.84. The van der Waals surface area contributed by atoms with Gasteiger partial charge in [0.25, 0.3) is 0 Å². The smallest absolute Gasteiger partial charge is 0.147 e. The van der Waals surface area contributed by atoms with E-state index in [-0.39, 0.29) is 0 Å². The molecule has 0 aromatic carbocycles. The molecular formula is C20H44NO2+. The van der Waals surface area contributed by atoms with E-state index in [1.54, 1.807) is 0 Å². The Balaban J connectivity index is 3.00. The zero-order valence-electron chi connectivity index (χ0n) is 16.6. The van der Waals surface area contributed by atoms with Crippen LogP contribution in [0.4, 0.5) is 0 Å². The SMILES string of the molecule is CCCCCCCCCCCCCCOCOCC[N+](C)(C)C. The highest BCUT2D eigenvalue weighted by molar-refractivity contribution is 4.48. The molecule has 0 aliphatic carbocycles. The van der Waals surface area contributed by atoms with Gasteiger partial charge in [-0.3, -0.25) is 0 Å². The molecule has 0 bridgehead atoms. The number of nitrogens with zero attached hydrogens (tertiary/aromatic N) is 1. The van der Waals surface area contributed by atoms with Crippen molar-refractivity contribution in [2.24, 2.45) is 0 Å². The number of quaternary nitrogens is 1. The predicted octanol–water partition coefficient (Wildman–Crippen LogP) is 5.38. The highest BCUT2D eigenvalue weighted by atomic mass is 16.7. The summed E-state index contributed by atoms with van der Waals surface area (Å²) in [5.41, 5.74) is 0. The molecule has 3 heteroatoms. The van der Waals surface area contributed by atoms with Crippen LogP contribution in [-0.4, -0.2) is 52.2 Å². The Kier molecular flexibility index (Phi) is 16.6. The van der Waals surface area contributed by atoms with E-state index in [9.17, 15) is 0 Å². The van der Waals surface area contributed by atoms with Gasteiger partial charge in [0, 0.05) is 6.61 Å². The van der Waals surface area contributed by atoms with Gasteiger partial charge in [0.1, 0.15) is 13.3 Å². The van der Waals surface area contributed by atoms with E-state index in [2.05, 4.69) is 28.1 Å². The molecule has 0 unspecified atom stereocenters. The van der Waals surface area contributed by atoms with Gasteiger partial charge in [0.05, 0.1) is 27.7 Å². The molecule has 23 heavy (non-hydrogen) atoms. The van der Waals surface area contributed by atoms with Crippen molar-refractivity contribution in [3.05, 3.63) is 0 Å². The van der Waals surface area contributed by atoms with Crippen LogP contribution in [-0.2, 0) is 9.47 Å². The van der Waals surface area contributed by atoms with Crippen LogP contribution < -0.4 is 0 Å². The van der Waals surface area contributed by atoms with Gasteiger partial charge in [-0.2, -0.15) is 0 Å². The first-order chi connectivity index (χ1) is 11.1. The Bertz CT molecular complexity index is 226. The van der Waals surface area contributed by atoms with Crippen molar-refractivity contribution < 1.29 is 14.0 Å². The molecule has 140 valence electrons. The second kappa shape index (κ2) is 16.7. The zero-order chi connectivity index (χ0) is 17.2. The van der Waals surface area contributed by atoms with Crippen LogP contribution >= 0.6 is 0 Å². The molecule has 0 rings (SSSR count). The molecule has 0 N–H and O–H groups in total. The predicted molar refractivity (Wildman–Crippen MR) is 101 cm³/mol. The van der Waals surface area contributed by atoms with Crippen LogP contribution in [0, 0.1) is 0 Å². The maximum Gasteiger partial charge on any atom is 0.147 e. The first kappa shape index (κ1) is 22.9. The van der Waals surface area contributed by atoms with E-state index in [1.165, 1.54) is 77.0 Å². The van der Waals surface area contributed by atoms with Gasteiger partial charge >= 0.3 is 0 Å². The van der Waals surface area contributed by atoms with E-state index in [0.717, 1.165) is 24.2 Å². The molecule has 0 fully saturated rings. The molecule has 0 amide bonds. The highest BCUT2D eigenvalue weighted by Gasteiger charge is 2.05. The molecular weight excluding hydrogens is 286 g/mol. The minimum Gasteiger partial charge on any atom is -0.355 e. The Morgan fingerprint density at radius 1 is 0.565 bits per heavy atom. The Morgan fingerprint density at radius 2 is 1.00 bits per heavy atom. The first-order valence-electron chi connectivity index (χ1n) is 10.0. The van der Waals surface area contributed by atoms with Crippen LogP contribution in [0.2, 0.25) is 0 Å². The average Bonchev–Trinajstić information content (AvgIpc) is 2.49. The summed E-state index contributed by atoms with van der Waals surface area (Å²) in [4.78, 5) is 0. The third-order valence-electron chi connectivity index (χ3n) is 4.22. The minimum absolute atomic E-state index is 0.456. The van der Waals surface area contributed by atoms with Gasteiger partial charge in [-0.15, -0.1) is 0 Å². The van der Waals surface area contributed by atoms with Gasteiger partial charge in [-0.25, -0.2) is 0 Å². The fourth-order valence-electron chi connectivity index (χ4n) is 2.56. The highest BCUT2D eigenvalue weighted by Crippen LogP contribution is 2.11. The van der Waals surface area contributed by atoms with Gasteiger partial charge < -0.3 is 14.0 Å². The Morgan fingerprint density at radius 3 is 1.48 bits per heavy atom. The number of hydrogen-bond donors (Lipinski definition) is 0. The van der Waals surface area contributed by atoms with Crippen LogP contribution in [0.5, 0.6) is 0 Å². The summed E-state index contributed by atoms with van der Waals surface area (Å²) >= 11 is 0. The first-order valence-corrected chi connectivity index (χ1v) is 10.0. The molecule has 0 heterocycles. The number of unbranched alkanes of at least 4 members (excludes halogenated alkanes) is 11. The molecule has 0 aromatic rings. The molecule has 0 aromatic heterocycles. The molecule has 0 saturated carbocycles. The zero-order valence-corrected chi connectivity index (χ0v) is 16.6. The molecule has 3 nitrogen and oxygen atoms in total. The average molecular weight is 331 g/mol. The number of likely N-dealkylation sites (N-methyl/N-ethyl adjacent to an activating group) is 1. The number of ether oxygens (including phenoxy) is 2. The van der Waals surface area contributed by atoms with Crippen molar-refractivity contribution in [1.82, 2.24) is 0 Å². The van der Waals surface area contributed by atoms with E-state index >= 15 is 0 Å². The van der Waals surface area contributed by atoms with Gasteiger partial charge in [-0.1, -0.05) is 77.6 Å². The molecule has 0 aliphatic heterocycles. The molecule has 0 aliphatic rings. The van der Waals surface area contributed by atoms with Crippen molar-refractivity contribution in [1.29, 1.82) is 0 Å². The number of hydrogen-bond acceptors (Lipinski definition) is 2. The van der Waals surface area contributed by atoms with E-state index in [4.69, 9.17) is 9.47 Å². The Labute approximate surface area is 146 Å². The third-order valence-corrected chi connectivity index (χ3v) is 4.22. The van der Waals surface area contributed by atoms with Crippen LogP contribution in [0.1, 0.15) is 84.0 Å². The van der Waals surface area contributed by atoms with Gasteiger partial charge in [-0.05, 0) is 6.42 Å². The lowest BCUT2D eigenvalue weighted by atomic mass is 10.1. The molecule has 0 saturated heterocycles. The topological polar surface area (TPSA) is 18.5 Å². The van der Waals surface area contributed by atoms with Crippen molar-refractivity contribution in [3.8, 4) is 0 Å². The fourth-order valence-corrected chi connectivity index (χ4v) is 2.56. The van der Waals surface area contributed by atoms with Crippen LogP contribution in [0.3, 0.4) is 0 Å². The minimum atomic E-state index is 0.456. The lowest BCUT2D eigenvalue weighted by Crippen LogP contribution is -2.37. The monoisotopic (exact) mass is 330 g/mol. The van der Waals surface area contributed by atoms with E-state index in [1.807, 2.05) is 0 Å². The van der Waals surface area contributed by atoms with Gasteiger partial charge in [0.2, 0.25) is 0 Å². The molecule has 0 radical (unpaired) electrons. The molecule has 0 spiro atoms. The summed E-state index contributed by atoms with van der Waals surface area (Å²) in [5.74, 6) is 0. The summed E-state index contributed by atoms with van der Waals surface area (Å²) in [6.45, 7) is 5.40. The summed E-state index contributed by atoms with van der Waals surface area (Å²) in [7, 11) is 6.53. The van der Waals surface area contributed by atoms with Crippen molar-refractivity contribution in [3.63, 3.8) is 0 Å². The van der Waals surface area contributed by atoms with Crippen molar-refractivity contribution >= 4 is 0 Å². The second-order valence-corrected chi connectivity index (χ2v) is 7.84. The quantitative estimate of drug-likeness (QED) is 0.191.